The van der Waals surface area contributed by atoms with Crippen LogP contribution in [0.1, 0.15) is 26.7 Å². The number of benzene rings is 1. The van der Waals surface area contributed by atoms with E-state index in [0.717, 1.165) is 12.8 Å². The monoisotopic (exact) mass is 265 g/mol. The first-order valence-corrected chi connectivity index (χ1v) is 5.99. The number of non-ortho nitro benzene ring substituents is 1. The lowest BCUT2D eigenvalue weighted by Gasteiger charge is -2.41. The highest BCUT2D eigenvalue weighted by Gasteiger charge is 2.39. The molecule has 6 heteroatoms. The third-order valence-corrected chi connectivity index (χ3v) is 3.07. The quantitative estimate of drug-likeness (QED) is 0.362. The van der Waals surface area contributed by atoms with Crippen molar-refractivity contribution in [1.82, 2.24) is 0 Å². The molecule has 0 saturated heterocycles. The topological polar surface area (TPSA) is 78.7 Å². The summed E-state index contributed by atoms with van der Waals surface area (Å²) in [6.45, 7) is 4.21. The van der Waals surface area contributed by atoms with E-state index in [1.54, 1.807) is 0 Å². The van der Waals surface area contributed by atoms with Gasteiger partial charge in [-0.15, -0.1) is 0 Å². The normalized spacial score (nSPS) is 17.4. The SMILES string of the molecule is CC1(C)CC(OC(=O)Oc2ccc([N+](=O)[O-])cc2)C1. The van der Waals surface area contributed by atoms with E-state index in [2.05, 4.69) is 13.8 Å². The third-order valence-electron chi connectivity index (χ3n) is 3.07. The summed E-state index contributed by atoms with van der Waals surface area (Å²) in [5.41, 5.74) is 0.166. The number of nitro groups is 1. The molecule has 0 aliphatic heterocycles. The van der Waals surface area contributed by atoms with E-state index >= 15 is 0 Å². The Bertz CT molecular complexity index is 486. The van der Waals surface area contributed by atoms with Crippen molar-refractivity contribution in [3.05, 3.63) is 34.4 Å². The molecule has 1 aromatic rings. The van der Waals surface area contributed by atoms with Crippen LogP contribution in [0.2, 0.25) is 0 Å². The van der Waals surface area contributed by atoms with Gasteiger partial charge in [-0.25, -0.2) is 4.79 Å². The highest BCUT2D eigenvalue weighted by atomic mass is 16.7. The van der Waals surface area contributed by atoms with Crippen molar-refractivity contribution in [2.24, 2.45) is 5.41 Å². The summed E-state index contributed by atoms with van der Waals surface area (Å²) in [4.78, 5) is 21.4. The van der Waals surface area contributed by atoms with Crippen molar-refractivity contribution >= 4 is 11.8 Å². The fourth-order valence-corrected chi connectivity index (χ4v) is 2.15. The largest absolute Gasteiger partial charge is 0.514 e. The molecule has 1 aliphatic carbocycles. The lowest BCUT2D eigenvalue weighted by Crippen LogP contribution is -2.39. The first kappa shape index (κ1) is 13.3. The molecule has 1 aromatic carbocycles. The van der Waals surface area contributed by atoms with Crippen molar-refractivity contribution in [3.63, 3.8) is 0 Å². The molecule has 0 bridgehead atoms. The molecule has 0 amide bonds. The number of carbonyl (C=O) groups is 1. The minimum absolute atomic E-state index is 0.0542. The number of carbonyl (C=O) groups excluding carboxylic acids is 1. The predicted octanol–water partition coefficient (Wildman–Crippen LogP) is 3.30. The van der Waals surface area contributed by atoms with E-state index < -0.39 is 11.1 Å². The number of ether oxygens (including phenoxy) is 2. The molecular weight excluding hydrogens is 250 g/mol. The lowest BCUT2D eigenvalue weighted by atomic mass is 9.70. The second kappa shape index (κ2) is 4.87. The van der Waals surface area contributed by atoms with Crippen molar-refractivity contribution in [2.75, 3.05) is 0 Å². The molecule has 0 atom stereocenters. The molecule has 2 rings (SSSR count). The first-order chi connectivity index (χ1) is 8.85. The third kappa shape index (κ3) is 3.43. The number of hydrogen-bond acceptors (Lipinski definition) is 5. The van der Waals surface area contributed by atoms with Gasteiger partial charge in [-0.05, 0) is 30.4 Å². The highest BCUT2D eigenvalue weighted by Crippen LogP contribution is 2.41. The number of hydrogen-bond donors (Lipinski definition) is 0. The fourth-order valence-electron chi connectivity index (χ4n) is 2.15. The van der Waals surface area contributed by atoms with Crippen LogP contribution in [0.15, 0.2) is 24.3 Å². The zero-order chi connectivity index (χ0) is 14.0. The van der Waals surface area contributed by atoms with Crippen LogP contribution in [0.5, 0.6) is 5.75 Å². The van der Waals surface area contributed by atoms with Crippen LogP contribution < -0.4 is 4.74 Å². The summed E-state index contributed by atoms with van der Waals surface area (Å²) in [5.74, 6) is 0.231. The fraction of sp³-hybridized carbons (Fsp3) is 0.462. The van der Waals surface area contributed by atoms with Crippen LogP contribution in [0, 0.1) is 15.5 Å². The van der Waals surface area contributed by atoms with Gasteiger partial charge >= 0.3 is 6.16 Å². The average Bonchev–Trinajstić information content (AvgIpc) is 2.27. The van der Waals surface area contributed by atoms with Gasteiger partial charge in [-0.3, -0.25) is 10.1 Å². The molecule has 1 aliphatic rings. The Kier molecular flexibility index (Phi) is 3.42. The van der Waals surface area contributed by atoms with E-state index in [4.69, 9.17) is 9.47 Å². The van der Waals surface area contributed by atoms with Gasteiger partial charge in [0.05, 0.1) is 4.92 Å². The van der Waals surface area contributed by atoms with Gasteiger partial charge in [0.2, 0.25) is 0 Å². The van der Waals surface area contributed by atoms with Crippen molar-refractivity contribution < 1.29 is 19.2 Å². The zero-order valence-corrected chi connectivity index (χ0v) is 10.8. The summed E-state index contributed by atoms with van der Waals surface area (Å²) in [5, 5.41) is 10.5. The Hall–Kier alpha value is -2.11. The second-order valence-corrected chi connectivity index (χ2v) is 5.42. The van der Waals surface area contributed by atoms with Gasteiger partial charge in [0.15, 0.2) is 0 Å². The van der Waals surface area contributed by atoms with Crippen molar-refractivity contribution in [3.8, 4) is 5.75 Å². The minimum Gasteiger partial charge on any atom is -0.431 e. The Morgan fingerprint density at radius 1 is 1.32 bits per heavy atom. The maximum Gasteiger partial charge on any atom is 0.514 e. The molecule has 0 heterocycles. The van der Waals surface area contributed by atoms with E-state index in [1.807, 2.05) is 0 Å². The smallest absolute Gasteiger partial charge is 0.431 e. The lowest BCUT2D eigenvalue weighted by molar-refractivity contribution is -0.384. The predicted molar refractivity (Wildman–Crippen MR) is 67.0 cm³/mol. The number of nitrogens with zero attached hydrogens (tertiary/aromatic N) is 1. The Morgan fingerprint density at radius 3 is 2.37 bits per heavy atom. The second-order valence-electron chi connectivity index (χ2n) is 5.42. The van der Waals surface area contributed by atoms with E-state index in [1.165, 1.54) is 24.3 Å². The van der Waals surface area contributed by atoms with Crippen LogP contribution in [0.25, 0.3) is 0 Å². The summed E-state index contributed by atoms with van der Waals surface area (Å²) in [6, 6.07) is 5.28. The minimum atomic E-state index is -0.769. The maximum absolute atomic E-state index is 11.5. The molecule has 19 heavy (non-hydrogen) atoms. The molecule has 6 nitrogen and oxygen atoms in total. The van der Waals surface area contributed by atoms with E-state index in [9.17, 15) is 14.9 Å². The van der Waals surface area contributed by atoms with Gasteiger partial charge in [0.25, 0.3) is 5.69 Å². The Labute approximate surface area is 110 Å². The summed E-state index contributed by atoms with van der Waals surface area (Å²) >= 11 is 0. The summed E-state index contributed by atoms with van der Waals surface area (Å²) < 4.78 is 10.0. The van der Waals surface area contributed by atoms with E-state index in [0.29, 0.717) is 0 Å². The Balaban J connectivity index is 1.84. The van der Waals surface area contributed by atoms with E-state index in [-0.39, 0.29) is 23.0 Å². The van der Waals surface area contributed by atoms with Crippen LogP contribution in [-0.4, -0.2) is 17.2 Å². The molecule has 1 fully saturated rings. The van der Waals surface area contributed by atoms with Gasteiger partial charge < -0.3 is 9.47 Å². The Morgan fingerprint density at radius 2 is 1.89 bits per heavy atom. The van der Waals surface area contributed by atoms with Crippen LogP contribution in [-0.2, 0) is 4.74 Å². The molecule has 0 N–H and O–H groups in total. The van der Waals surface area contributed by atoms with Crippen LogP contribution in [0.4, 0.5) is 10.5 Å². The standard InChI is InChI=1S/C13H15NO5/c1-13(2)7-11(8-13)19-12(15)18-10-5-3-9(4-6-10)14(16)17/h3-6,11H,7-8H2,1-2H3. The van der Waals surface area contributed by atoms with Gasteiger partial charge in [0.1, 0.15) is 11.9 Å². The highest BCUT2D eigenvalue weighted by molar-refractivity contribution is 5.64. The van der Waals surface area contributed by atoms with Crippen molar-refractivity contribution in [1.29, 1.82) is 0 Å². The summed E-state index contributed by atoms with van der Waals surface area (Å²) in [6.07, 6.45) is 0.778. The molecule has 0 unspecified atom stereocenters. The molecule has 0 aromatic heterocycles. The maximum atomic E-state index is 11.5. The molecule has 0 spiro atoms. The van der Waals surface area contributed by atoms with Gasteiger partial charge in [-0.1, -0.05) is 13.8 Å². The van der Waals surface area contributed by atoms with Gasteiger partial charge in [-0.2, -0.15) is 0 Å². The first-order valence-electron chi connectivity index (χ1n) is 5.99. The number of rotatable bonds is 3. The molecular formula is C13H15NO5. The van der Waals surface area contributed by atoms with Crippen molar-refractivity contribution in [2.45, 2.75) is 32.8 Å². The van der Waals surface area contributed by atoms with Crippen LogP contribution >= 0.6 is 0 Å². The molecule has 0 radical (unpaired) electrons. The molecule has 1 saturated carbocycles. The van der Waals surface area contributed by atoms with Gasteiger partial charge in [0, 0.05) is 12.1 Å². The zero-order valence-electron chi connectivity index (χ0n) is 10.8. The summed E-state index contributed by atoms with van der Waals surface area (Å²) in [7, 11) is 0. The number of nitro benzene ring substituents is 1. The van der Waals surface area contributed by atoms with Crippen LogP contribution in [0.3, 0.4) is 0 Å². The average molecular weight is 265 g/mol. The molecule has 102 valence electrons.